The van der Waals surface area contributed by atoms with Crippen LogP contribution in [0.5, 0.6) is 5.88 Å². The summed E-state index contributed by atoms with van der Waals surface area (Å²) >= 11 is 4.22. The molecule has 1 saturated heterocycles. The molecule has 1 aliphatic rings. The maximum absolute atomic E-state index is 11.5. The number of hydrogen-bond acceptors (Lipinski definition) is 8. The molecule has 5 rings (SSSR count). The van der Waals surface area contributed by atoms with E-state index >= 15 is 0 Å². The second-order valence-electron chi connectivity index (χ2n) is 7.91. The third kappa shape index (κ3) is 6.02. The molecule has 10 heteroatoms. The lowest BCUT2D eigenvalue weighted by Gasteiger charge is -2.28. The van der Waals surface area contributed by atoms with E-state index in [-0.39, 0.29) is 23.6 Å². The number of aromatic nitrogens is 1. The van der Waals surface area contributed by atoms with Crippen molar-refractivity contribution in [2.45, 2.75) is 6.61 Å². The molecule has 3 aromatic heterocycles. The molecule has 1 aliphatic heterocycles. The molecule has 0 aliphatic carbocycles. The predicted molar refractivity (Wildman–Crippen MR) is 146 cm³/mol. The summed E-state index contributed by atoms with van der Waals surface area (Å²) in [6.07, 6.45) is 3.10. The summed E-state index contributed by atoms with van der Waals surface area (Å²) in [7, 11) is 0. The fourth-order valence-corrected chi connectivity index (χ4v) is 4.78. The smallest absolute Gasteiger partial charge is 0.336 e. The summed E-state index contributed by atoms with van der Waals surface area (Å²) in [5.74, 6) is 0.931. The third-order valence-corrected chi connectivity index (χ3v) is 6.60. The number of carbonyl (C=O) groups is 1. The number of nitrogens with zero attached hydrogens (tertiary/aromatic N) is 3. The van der Waals surface area contributed by atoms with Crippen molar-refractivity contribution >= 4 is 38.9 Å². The monoisotopic (exact) mass is 581 g/mol. The standard InChI is InChI=1S/C26H21N3O5S.CH3Br/c27-12-22-21(18-5-8-33-13-18)11-24(17-1-3-20(4-2-17)29-6-9-32-10-7-29)28-25(22)34-14-19-15-35-16-23(19)26(30)31;1-2/h1-5,8,11,13,15-16H,6-7,9-10,14H2,(H,30,31);1H3. The van der Waals surface area contributed by atoms with Crippen LogP contribution in [0.15, 0.2) is 64.1 Å². The van der Waals surface area contributed by atoms with E-state index in [0.717, 1.165) is 29.9 Å². The van der Waals surface area contributed by atoms with Crippen LogP contribution >= 0.6 is 27.3 Å². The second kappa shape index (κ2) is 12.5. The van der Waals surface area contributed by atoms with E-state index in [4.69, 9.17) is 13.9 Å². The zero-order valence-electron chi connectivity index (χ0n) is 20.0. The zero-order valence-corrected chi connectivity index (χ0v) is 22.4. The van der Waals surface area contributed by atoms with E-state index in [0.29, 0.717) is 30.0 Å². The largest absolute Gasteiger partial charge is 0.478 e. The fraction of sp³-hybridized carbons (Fsp3) is 0.222. The molecule has 4 aromatic rings. The summed E-state index contributed by atoms with van der Waals surface area (Å²) in [4.78, 5) is 18.4. The van der Waals surface area contributed by atoms with Gasteiger partial charge in [-0.25, -0.2) is 9.78 Å². The van der Waals surface area contributed by atoms with Crippen LogP contribution in [-0.4, -0.2) is 48.2 Å². The number of pyridine rings is 1. The fourth-order valence-electron chi connectivity index (χ4n) is 3.96. The van der Waals surface area contributed by atoms with Gasteiger partial charge in [0.25, 0.3) is 0 Å². The summed E-state index contributed by atoms with van der Waals surface area (Å²) in [6.45, 7) is 3.09. The highest BCUT2D eigenvalue weighted by molar-refractivity contribution is 9.08. The Morgan fingerprint density at radius 2 is 1.95 bits per heavy atom. The van der Waals surface area contributed by atoms with E-state index in [1.807, 2.05) is 36.2 Å². The number of halogens is 1. The zero-order chi connectivity index (χ0) is 26.2. The molecule has 1 N–H and O–H groups in total. The van der Waals surface area contributed by atoms with Gasteiger partial charge in [0.15, 0.2) is 0 Å². The van der Waals surface area contributed by atoms with Gasteiger partial charge in [-0.2, -0.15) is 16.6 Å². The first-order chi connectivity index (χ1) is 18.1. The van der Waals surface area contributed by atoms with Crippen LogP contribution in [0.25, 0.3) is 22.4 Å². The normalized spacial score (nSPS) is 12.8. The maximum atomic E-state index is 11.5. The van der Waals surface area contributed by atoms with Gasteiger partial charge in [0.05, 0.1) is 37.0 Å². The number of carboxylic acid groups (broad SMARTS) is 1. The number of hydrogen-bond donors (Lipinski definition) is 1. The Labute approximate surface area is 226 Å². The van der Waals surface area contributed by atoms with Crippen LogP contribution in [0.1, 0.15) is 21.5 Å². The molecule has 1 fully saturated rings. The van der Waals surface area contributed by atoms with Crippen LogP contribution < -0.4 is 9.64 Å². The molecule has 190 valence electrons. The number of aromatic carboxylic acids is 1. The molecule has 1 aromatic carbocycles. The quantitative estimate of drug-likeness (QED) is 0.262. The minimum Gasteiger partial charge on any atom is -0.478 e. The number of rotatable bonds is 7. The van der Waals surface area contributed by atoms with Gasteiger partial charge in [-0.15, -0.1) is 0 Å². The molecule has 4 heterocycles. The predicted octanol–water partition coefficient (Wildman–Crippen LogP) is 6.07. The second-order valence-corrected chi connectivity index (χ2v) is 8.65. The van der Waals surface area contributed by atoms with Gasteiger partial charge in [-0.05, 0) is 35.5 Å². The van der Waals surface area contributed by atoms with Gasteiger partial charge in [-0.3, -0.25) is 0 Å². The van der Waals surface area contributed by atoms with Crippen molar-refractivity contribution < 1.29 is 23.8 Å². The van der Waals surface area contributed by atoms with Crippen molar-refractivity contribution in [2.75, 3.05) is 37.0 Å². The third-order valence-electron chi connectivity index (χ3n) is 5.81. The number of alkyl halides is 1. The highest BCUT2D eigenvalue weighted by atomic mass is 79.9. The number of thiophene rings is 1. The molecule has 0 unspecified atom stereocenters. The average molecular weight is 582 g/mol. The summed E-state index contributed by atoms with van der Waals surface area (Å²) in [5.41, 5.74) is 4.92. The van der Waals surface area contributed by atoms with Crippen molar-refractivity contribution in [1.29, 1.82) is 5.26 Å². The molecule has 37 heavy (non-hydrogen) atoms. The number of nitriles is 1. The number of benzene rings is 1. The number of ether oxygens (including phenoxy) is 2. The van der Waals surface area contributed by atoms with Crippen LogP contribution in [-0.2, 0) is 11.3 Å². The molecule has 0 amide bonds. The van der Waals surface area contributed by atoms with Gasteiger partial charge in [-0.1, -0.05) is 28.1 Å². The Morgan fingerprint density at radius 3 is 2.59 bits per heavy atom. The van der Waals surface area contributed by atoms with Gasteiger partial charge in [0.2, 0.25) is 5.88 Å². The summed E-state index contributed by atoms with van der Waals surface area (Å²) < 4.78 is 16.6. The first kappa shape index (κ1) is 26.4. The molecular formula is C27H24BrN3O5S. The number of morpholine rings is 1. The van der Waals surface area contributed by atoms with Gasteiger partial charge >= 0.3 is 5.97 Å². The Bertz CT molecular complexity index is 1370. The molecule has 0 saturated carbocycles. The lowest BCUT2D eigenvalue weighted by atomic mass is 10.0. The Kier molecular flexibility index (Phi) is 8.95. The lowest BCUT2D eigenvalue weighted by Crippen LogP contribution is -2.36. The van der Waals surface area contributed by atoms with Crippen LogP contribution in [0.4, 0.5) is 5.69 Å². The Hall–Kier alpha value is -3.65. The Balaban J connectivity index is 0.00000156. The first-order valence-corrected chi connectivity index (χ1v) is 13.9. The number of carboxylic acids is 1. The van der Waals surface area contributed by atoms with E-state index in [1.54, 1.807) is 29.4 Å². The van der Waals surface area contributed by atoms with E-state index in [1.165, 1.54) is 11.3 Å². The highest BCUT2D eigenvalue weighted by Crippen LogP contribution is 2.35. The van der Waals surface area contributed by atoms with Gasteiger partial charge in [0.1, 0.15) is 18.2 Å². The van der Waals surface area contributed by atoms with Crippen molar-refractivity contribution in [1.82, 2.24) is 4.98 Å². The molecule has 0 spiro atoms. The molecule has 0 radical (unpaired) electrons. The van der Waals surface area contributed by atoms with Crippen molar-refractivity contribution in [3.63, 3.8) is 0 Å². The van der Waals surface area contributed by atoms with E-state index < -0.39 is 5.97 Å². The first-order valence-electron chi connectivity index (χ1n) is 11.3. The summed E-state index contributed by atoms with van der Waals surface area (Å²) in [5, 5.41) is 22.6. The van der Waals surface area contributed by atoms with E-state index in [9.17, 15) is 15.2 Å². The van der Waals surface area contributed by atoms with Crippen LogP contribution in [0.2, 0.25) is 0 Å². The number of anilines is 1. The van der Waals surface area contributed by atoms with Crippen LogP contribution in [0.3, 0.4) is 0 Å². The minimum absolute atomic E-state index is 0.0168. The maximum Gasteiger partial charge on any atom is 0.336 e. The molecule has 0 bridgehead atoms. The van der Waals surface area contributed by atoms with Crippen molar-refractivity contribution in [2.24, 2.45) is 0 Å². The van der Waals surface area contributed by atoms with Crippen LogP contribution in [0, 0.1) is 11.3 Å². The van der Waals surface area contributed by atoms with Crippen molar-refractivity contribution in [3.05, 3.63) is 76.4 Å². The average Bonchev–Trinajstić information content (AvgIpc) is 3.66. The van der Waals surface area contributed by atoms with E-state index in [2.05, 4.69) is 31.9 Å². The SMILES string of the molecule is CBr.N#Cc1c(-c2ccoc2)cc(-c2ccc(N3CCOCC3)cc2)nc1OCc1cscc1C(=O)O. The molecule has 0 atom stereocenters. The van der Waals surface area contributed by atoms with Gasteiger partial charge < -0.3 is 23.9 Å². The highest BCUT2D eigenvalue weighted by Gasteiger charge is 2.19. The van der Waals surface area contributed by atoms with Gasteiger partial charge in [0, 0.05) is 46.4 Å². The lowest BCUT2D eigenvalue weighted by molar-refractivity contribution is 0.0694. The Morgan fingerprint density at radius 1 is 1.19 bits per heavy atom. The summed E-state index contributed by atoms with van der Waals surface area (Å²) in [6, 6.07) is 13.9. The topological polar surface area (TPSA) is 109 Å². The molecular weight excluding hydrogens is 558 g/mol. The minimum atomic E-state index is -1.02. The number of furan rings is 1. The molecule has 8 nitrogen and oxygen atoms in total. The van der Waals surface area contributed by atoms with Crippen molar-refractivity contribution in [3.8, 4) is 34.3 Å².